The number of aromatic amines is 1. The number of fused-ring (bicyclic) bond motifs is 1. The predicted molar refractivity (Wildman–Crippen MR) is 83.3 cm³/mol. The number of nitrogens with one attached hydrogen (secondary N) is 2. The van der Waals surface area contributed by atoms with Crippen molar-refractivity contribution < 1.29 is 0 Å². The van der Waals surface area contributed by atoms with Gasteiger partial charge in [-0.1, -0.05) is 18.2 Å². The molecule has 4 heteroatoms. The van der Waals surface area contributed by atoms with Gasteiger partial charge in [-0.2, -0.15) is 0 Å². The Morgan fingerprint density at radius 2 is 2.00 bits per heavy atom. The summed E-state index contributed by atoms with van der Waals surface area (Å²) in [5, 5.41) is 5.05. The number of aromatic nitrogens is 1. The molecule has 1 aromatic heterocycles. The quantitative estimate of drug-likeness (QED) is 0.821. The standard InChI is InChI=1S/C16H21N3O/c20-16-14-7-2-1-6-13(14)12-15(18-16)17-8-5-11-19-9-3-4-10-19/h1-2,6-7,12H,3-5,8-11H2,(H2,17,18,20). The molecular formula is C16H21N3O. The van der Waals surface area contributed by atoms with Crippen LogP contribution in [-0.4, -0.2) is 36.1 Å². The molecule has 1 fully saturated rings. The van der Waals surface area contributed by atoms with Gasteiger partial charge in [-0.25, -0.2) is 0 Å². The zero-order valence-electron chi connectivity index (χ0n) is 11.7. The maximum atomic E-state index is 11.9. The molecule has 1 aromatic carbocycles. The van der Waals surface area contributed by atoms with Gasteiger partial charge in [-0.05, 0) is 56.4 Å². The summed E-state index contributed by atoms with van der Waals surface area (Å²) < 4.78 is 0. The molecule has 0 aliphatic carbocycles. The monoisotopic (exact) mass is 271 g/mol. The minimum atomic E-state index is -0.0230. The number of hydrogen-bond donors (Lipinski definition) is 2. The highest BCUT2D eigenvalue weighted by molar-refractivity contribution is 5.83. The van der Waals surface area contributed by atoms with Crippen LogP contribution in [0.2, 0.25) is 0 Å². The van der Waals surface area contributed by atoms with Gasteiger partial charge in [0.25, 0.3) is 5.56 Å². The van der Waals surface area contributed by atoms with Crippen molar-refractivity contribution in [2.45, 2.75) is 19.3 Å². The van der Waals surface area contributed by atoms with Crippen molar-refractivity contribution in [3.05, 3.63) is 40.7 Å². The number of likely N-dealkylation sites (tertiary alicyclic amines) is 1. The molecule has 0 bridgehead atoms. The molecule has 2 heterocycles. The highest BCUT2D eigenvalue weighted by atomic mass is 16.1. The van der Waals surface area contributed by atoms with E-state index in [-0.39, 0.29) is 5.56 Å². The van der Waals surface area contributed by atoms with Crippen molar-refractivity contribution in [3.8, 4) is 0 Å². The topological polar surface area (TPSA) is 48.1 Å². The third-order valence-electron chi connectivity index (χ3n) is 3.92. The third kappa shape index (κ3) is 3.02. The second kappa shape index (κ2) is 6.09. The molecule has 3 rings (SSSR count). The van der Waals surface area contributed by atoms with Gasteiger partial charge in [-0.15, -0.1) is 0 Å². The molecule has 20 heavy (non-hydrogen) atoms. The van der Waals surface area contributed by atoms with Crippen LogP contribution in [0.3, 0.4) is 0 Å². The van der Waals surface area contributed by atoms with E-state index in [1.165, 1.54) is 25.9 Å². The fourth-order valence-corrected chi connectivity index (χ4v) is 2.84. The largest absolute Gasteiger partial charge is 0.371 e. The maximum Gasteiger partial charge on any atom is 0.257 e. The van der Waals surface area contributed by atoms with Gasteiger partial charge in [0, 0.05) is 11.9 Å². The number of hydrogen-bond acceptors (Lipinski definition) is 3. The minimum absolute atomic E-state index is 0.0230. The summed E-state index contributed by atoms with van der Waals surface area (Å²) in [6, 6.07) is 9.68. The summed E-state index contributed by atoms with van der Waals surface area (Å²) in [6.45, 7) is 4.52. The predicted octanol–water partition coefficient (Wildman–Crippen LogP) is 2.43. The van der Waals surface area contributed by atoms with E-state index in [1.54, 1.807) is 0 Å². The first-order valence-corrected chi connectivity index (χ1v) is 7.41. The first-order valence-electron chi connectivity index (χ1n) is 7.41. The zero-order valence-corrected chi connectivity index (χ0v) is 11.7. The van der Waals surface area contributed by atoms with Gasteiger partial charge in [0.1, 0.15) is 5.82 Å². The van der Waals surface area contributed by atoms with Crippen LogP contribution in [0.4, 0.5) is 5.82 Å². The molecule has 0 unspecified atom stereocenters. The van der Waals surface area contributed by atoms with Crippen molar-refractivity contribution in [3.63, 3.8) is 0 Å². The van der Waals surface area contributed by atoms with E-state index < -0.39 is 0 Å². The zero-order chi connectivity index (χ0) is 13.8. The number of rotatable bonds is 5. The van der Waals surface area contributed by atoms with E-state index in [4.69, 9.17) is 0 Å². The van der Waals surface area contributed by atoms with Gasteiger partial charge in [0.2, 0.25) is 0 Å². The molecule has 0 spiro atoms. The first-order chi connectivity index (χ1) is 9.83. The van der Waals surface area contributed by atoms with Crippen LogP contribution in [0.25, 0.3) is 10.8 Å². The Bertz CT molecular complexity index is 629. The van der Waals surface area contributed by atoms with Gasteiger partial charge >= 0.3 is 0 Å². The molecule has 0 amide bonds. The number of nitrogens with zero attached hydrogens (tertiary/aromatic N) is 1. The van der Waals surface area contributed by atoms with E-state index in [2.05, 4.69) is 15.2 Å². The van der Waals surface area contributed by atoms with Gasteiger partial charge in [-0.3, -0.25) is 4.79 Å². The Morgan fingerprint density at radius 3 is 2.85 bits per heavy atom. The molecule has 0 radical (unpaired) electrons. The molecule has 2 aromatic rings. The average Bonchev–Trinajstić information content (AvgIpc) is 2.97. The molecular weight excluding hydrogens is 250 g/mol. The van der Waals surface area contributed by atoms with E-state index in [0.717, 1.165) is 36.1 Å². The Hall–Kier alpha value is -1.81. The van der Waals surface area contributed by atoms with Crippen LogP contribution < -0.4 is 10.9 Å². The van der Waals surface area contributed by atoms with Crippen molar-refractivity contribution in [2.75, 3.05) is 31.5 Å². The number of H-pyrrole nitrogens is 1. The smallest absolute Gasteiger partial charge is 0.257 e. The van der Waals surface area contributed by atoms with Gasteiger partial charge in [0.05, 0.1) is 0 Å². The molecule has 1 aliphatic rings. The Labute approximate surface area is 118 Å². The van der Waals surface area contributed by atoms with Crippen LogP contribution in [-0.2, 0) is 0 Å². The molecule has 0 atom stereocenters. The number of anilines is 1. The van der Waals surface area contributed by atoms with Crippen molar-refractivity contribution in [2.24, 2.45) is 0 Å². The lowest BCUT2D eigenvalue weighted by molar-refractivity contribution is 0.337. The highest BCUT2D eigenvalue weighted by Gasteiger charge is 2.10. The summed E-state index contributed by atoms with van der Waals surface area (Å²) in [7, 11) is 0. The van der Waals surface area contributed by atoms with E-state index in [0.29, 0.717) is 0 Å². The van der Waals surface area contributed by atoms with Gasteiger partial charge in [0.15, 0.2) is 0 Å². The summed E-state index contributed by atoms with van der Waals surface area (Å²) in [5.74, 6) is 0.815. The lowest BCUT2D eigenvalue weighted by Crippen LogP contribution is -2.22. The van der Waals surface area contributed by atoms with E-state index >= 15 is 0 Å². The fraction of sp³-hybridized carbons (Fsp3) is 0.438. The van der Waals surface area contributed by atoms with E-state index in [9.17, 15) is 4.79 Å². The molecule has 1 aliphatic heterocycles. The lowest BCUT2D eigenvalue weighted by atomic mass is 10.2. The second-order valence-electron chi connectivity index (χ2n) is 5.43. The Balaban J connectivity index is 1.58. The summed E-state index contributed by atoms with van der Waals surface area (Å²) in [5.41, 5.74) is -0.0230. The second-order valence-corrected chi connectivity index (χ2v) is 5.43. The first kappa shape index (κ1) is 13.2. The van der Waals surface area contributed by atoms with Crippen molar-refractivity contribution >= 4 is 16.6 Å². The molecule has 106 valence electrons. The van der Waals surface area contributed by atoms with Gasteiger partial charge < -0.3 is 15.2 Å². The van der Waals surface area contributed by atoms with Crippen LogP contribution in [0.5, 0.6) is 0 Å². The minimum Gasteiger partial charge on any atom is -0.371 e. The summed E-state index contributed by atoms with van der Waals surface area (Å²) in [4.78, 5) is 17.3. The average molecular weight is 271 g/mol. The molecule has 4 nitrogen and oxygen atoms in total. The number of benzene rings is 1. The maximum absolute atomic E-state index is 11.9. The van der Waals surface area contributed by atoms with Crippen LogP contribution in [0.15, 0.2) is 35.1 Å². The van der Waals surface area contributed by atoms with Crippen LogP contribution in [0, 0.1) is 0 Å². The summed E-state index contributed by atoms with van der Waals surface area (Å²) in [6.07, 6.45) is 3.78. The van der Waals surface area contributed by atoms with Crippen LogP contribution >= 0.6 is 0 Å². The fourth-order valence-electron chi connectivity index (χ4n) is 2.84. The highest BCUT2D eigenvalue weighted by Crippen LogP contribution is 2.13. The van der Waals surface area contributed by atoms with Crippen molar-refractivity contribution in [1.82, 2.24) is 9.88 Å². The van der Waals surface area contributed by atoms with E-state index in [1.807, 2.05) is 30.3 Å². The Kier molecular flexibility index (Phi) is 4.02. The Morgan fingerprint density at radius 1 is 1.20 bits per heavy atom. The third-order valence-corrected chi connectivity index (χ3v) is 3.92. The van der Waals surface area contributed by atoms with Crippen molar-refractivity contribution in [1.29, 1.82) is 0 Å². The summed E-state index contributed by atoms with van der Waals surface area (Å²) >= 11 is 0. The molecule has 0 saturated carbocycles. The van der Waals surface area contributed by atoms with Crippen LogP contribution in [0.1, 0.15) is 19.3 Å². The molecule has 1 saturated heterocycles. The molecule has 2 N–H and O–H groups in total. The lowest BCUT2D eigenvalue weighted by Gasteiger charge is -2.14. The SMILES string of the molecule is O=c1[nH]c(NCCCN2CCCC2)cc2ccccc12. The normalized spacial score (nSPS) is 15.8. The number of pyridine rings is 1.